The fourth-order valence-electron chi connectivity index (χ4n) is 2.32. The highest BCUT2D eigenvalue weighted by Crippen LogP contribution is 2.22. The third-order valence-electron chi connectivity index (χ3n) is 3.59. The molecule has 0 aliphatic carbocycles. The van der Waals surface area contributed by atoms with Crippen molar-refractivity contribution >= 4 is 15.7 Å². The van der Waals surface area contributed by atoms with Crippen LogP contribution >= 0.6 is 0 Å². The van der Waals surface area contributed by atoms with Crippen LogP contribution < -0.4 is 10.0 Å². The molecule has 1 atom stereocenters. The lowest BCUT2D eigenvalue weighted by molar-refractivity contribution is 0.576. The van der Waals surface area contributed by atoms with Gasteiger partial charge in [-0.3, -0.25) is 0 Å². The maximum absolute atomic E-state index is 12.0. The van der Waals surface area contributed by atoms with Crippen LogP contribution in [0.5, 0.6) is 0 Å². The van der Waals surface area contributed by atoms with Gasteiger partial charge in [-0.05, 0) is 32.5 Å². The molecule has 0 radical (unpaired) electrons. The second kappa shape index (κ2) is 9.05. The number of para-hydroxylation sites is 1. The van der Waals surface area contributed by atoms with Crippen molar-refractivity contribution in [3.05, 3.63) is 24.3 Å². The summed E-state index contributed by atoms with van der Waals surface area (Å²) >= 11 is 0. The van der Waals surface area contributed by atoms with Crippen LogP contribution in [0.1, 0.15) is 52.4 Å². The molecule has 0 heterocycles. The number of sulfonamides is 1. The van der Waals surface area contributed by atoms with E-state index in [1.165, 1.54) is 39.2 Å². The van der Waals surface area contributed by atoms with Crippen LogP contribution in [0, 0.1) is 0 Å². The first-order valence-corrected chi connectivity index (χ1v) is 9.28. The van der Waals surface area contributed by atoms with E-state index in [0.717, 1.165) is 6.42 Å². The minimum Gasteiger partial charge on any atom is -0.381 e. The molecule has 0 aromatic heterocycles. The standard InChI is InChI=1S/C16H28N2O2S/c1-4-5-6-7-8-11-14(2)18-15-12-9-10-13-16(15)21(19,20)17-3/h9-10,12-14,17-18H,4-8,11H2,1-3H3. The number of anilines is 1. The molecule has 2 N–H and O–H groups in total. The summed E-state index contributed by atoms with van der Waals surface area (Å²) in [7, 11) is -1.99. The maximum Gasteiger partial charge on any atom is 0.242 e. The van der Waals surface area contributed by atoms with Crippen molar-refractivity contribution in [2.45, 2.75) is 63.3 Å². The molecule has 0 saturated heterocycles. The third-order valence-corrected chi connectivity index (χ3v) is 5.06. The topological polar surface area (TPSA) is 58.2 Å². The molecule has 0 amide bonds. The van der Waals surface area contributed by atoms with Crippen LogP contribution in [0.3, 0.4) is 0 Å². The average Bonchev–Trinajstić information content (AvgIpc) is 2.47. The number of unbranched alkanes of at least 4 members (excludes halogenated alkanes) is 4. The highest BCUT2D eigenvalue weighted by molar-refractivity contribution is 7.89. The lowest BCUT2D eigenvalue weighted by Crippen LogP contribution is -2.22. The van der Waals surface area contributed by atoms with E-state index >= 15 is 0 Å². The third kappa shape index (κ3) is 6.06. The maximum atomic E-state index is 12.0. The van der Waals surface area contributed by atoms with Gasteiger partial charge in [-0.2, -0.15) is 0 Å². The molecular formula is C16H28N2O2S. The SMILES string of the molecule is CCCCCCCC(C)Nc1ccccc1S(=O)(=O)NC. The Morgan fingerprint density at radius 3 is 2.43 bits per heavy atom. The first-order valence-electron chi connectivity index (χ1n) is 7.80. The molecule has 1 aromatic carbocycles. The second-order valence-corrected chi connectivity index (χ2v) is 7.31. The van der Waals surface area contributed by atoms with Crippen molar-refractivity contribution in [1.29, 1.82) is 0 Å². The molecule has 1 unspecified atom stereocenters. The Balaban J connectivity index is 2.58. The number of hydrogen-bond donors (Lipinski definition) is 2. The first-order chi connectivity index (χ1) is 10.0. The van der Waals surface area contributed by atoms with Gasteiger partial charge in [-0.25, -0.2) is 13.1 Å². The predicted octanol–water partition coefficient (Wildman–Crippen LogP) is 3.76. The Morgan fingerprint density at radius 2 is 1.76 bits per heavy atom. The Morgan fingerprint density at radius 1 is 1.10 bits per heavy atom. The molecule has 0 fully saturated rings. The predicted molar refractivity (Wildman–Crippen MR) is 89.1 cm³/mol. The number of benzene rings is 1. The fourth-order valence-corrected chi connectivity index (χ4v) is 3.22. The number of hydrogen-bond acceptors (Lipinski definition) is 3. The molecule has 0 aliphatic heterocycles. The van der Waals surface area contributed by atoms with Gasteiger partial charge >= 0.3 is 0 Å². The molecule has 120 valence electrons. The molecular weight excluding hydrogens is 284 g/mol. The molecule has 5 heteroatoms. The van der Waals surface area contributed by atoms with Crippen molar-refractivity contribution in [3.8, 4) is 0 Å². The van der Waals surface area contributed by atoms with E-state index in [-0.39, 0.29) is 6.04 Å². The van der Waals surface area contributed by atoms with Gasteiger partial charge in [0.15, 0.2) is 0 Å². The highest BCUT2D eigenvalue weighted by atomic mass is 32.2. The summed E-state index contributed by atoms with van der Waals surface area (Å²) in [4.78, 5) is 0.310. The summed E-state index contributed by atoms with van der Waals surface area (Å²) in [6.07, 6.45) is 7.31. The minimum absolute atomic E-state index is 0.264. The summed E-state index contributed by atoms with van der Waals surface area (Å²) in [5.74, 6) is 0. The summed E-state index contributed by atoms with van der Waals surface area (Å²) in [6, 6.07) is 7.30. The normalized spacial score (nSPS) is 13.1. The first kappa shape index (κ1) is 18.0. The van der Waals surface area contributed by atoms with Gasteiger partial charge in [-0.1, -0.05) is 51.2 Å². The van der Waals surface area contributed by atoms with Gasteiger partial charge in [0.05, 0.1) is 5.69 Å². The molecule has 0 bridgehead atoms. The summed E-state index contributed by atoms with van der Waals surface area (Å²) in [5.41, 5.74) is 0.674. The lowest BCUT2D eigenvalue weighted by atomic mass is 10.1. The second-order valence-electron chi connectivity index (χ2n) is 5.45. The molecule has 0 spiro atoms. The summed E-state index contributed by atoms with van der Waals surface area (Å²) < 4.78 is 26.3. The summed E-state index contributed by atoms with van der Waals surface area (Å²) in [5, 5.41) is 3.32. The van der Waals surface area contributed by atoms with E-state index in [0.29, 0.717) is 10.6 Å². The number of nitrogens with one attached hydrogen (secondary N) is 2. The van der Waals surface area contributed by atoms with Crippen molar-refractivity contribution in [2.75, 3.05) is 12.4 Å². The Bertz CT molecular complexity index is 515. The highest BCUT2D eigenvalue weighted by Gasteiger charge is 2.16. The van der Waals surface area contributed by atoms with E-state index in [1.54, 1.807) is 12.1 Å². The largest absolute Gasteiger partial charge is 0.381 e. The lowest BCUT2D eigenvalue weighted by Gasteiger charge is -2.18. The van der Waals surface area contributed by atoms with Gasteiger partial charge in [0.2, 0.25) is 10.0 Å². The molecule has 0 aliphatic rings. The van der Waals surface area contributed by atoms with Crippen LogP contribution in [-0.4, -0.2) is 21.5 Å². The van der Waals surface area contributed by atoms with Crippen LogP contribution in [0.4, 0.5) is 5.69 Å². The van der Waals surface area contributed by atoms with Crippen molar-refractivity contribution in [2.24, 2.45) is 0 Å². The molecule has 0 saturated carbocycles. The van der Waals surface area contributed by atoms with Crippen molar-refractivity contribution in [3.63, 3.8) is 0 Å². The van der Waals surface area contributed by atoms with Gasteiger partial charge < -0.3 is 5.32 Å². The van der Waals surface area contributed by atoms with E-state index in [2.05, 4.69) is 23.9 Å². The summed E-state index contributed by atoms with van der Waals surface area (Å²) in [6.45, 7) is 4.31. The zero-order chi connectivity index (χ0) is 15.7. The van der Waals surface area contributed by atoms with Crippen molar-refractivity contribution < 1.29 is 8.42 Å². The van der Waals surface area contributed by atoms with E-state index in [9.17, 15) is 8.42 Å². The Kier molecular flexibility index (Phi) is 7.75. The molecule has 1 aromatic rings. The van der Waals surface area contributed by atoms with Crippen LogP contribution in [0.15, 0.2) is 29.2 Å². The van der Waals surface area contributed by atoms with Gasteiger partial charge in [-0.15, -0.1) is 0 Å². The average molecular weight is 312 g/mol. The van der Waals surface area contributed by atoms with Crippen molar-refractivity contribution in [1.82, 2.24) is 4.72 Å². The van der Waals surface area contributed by atoms with Gasteiger partial charge in [0.1, 0.15) is 4.90 Å². The minimum atomic E-state index is -3.42. The Hall–Kier alpha value is -1.07. The van der Waals surface area contributed by atoms with E-state index in [1.807, 2.05) is 12.1 Å². The van der Waals surface area contributed by atoms with E-state index in [4.69, 9.17) is 0 Å². The monoisotopic (exact) mass is 312 g/mol. The molecule has 1 rings (SSSR count). The Labute approximate surface area is 129 Å². The quantitative estimate of drug-likeness (QED) is 0.647. The van der Waals surface area contributed by atoms with Crippen LogP contribution in [0.25, 0.3) is 0 Å². The number of rotatable bonds is 10. The zero-order valence-corrected chi connectivity index (χ0v) is 14.2. The van der Waals surface area contributed by atoms with Gasteiger partial charge in [0.25, 0.3) is 0 Å². The van der Waals surface area contributed by atoms with Crippen LogP contribution in [-0.2, 0) is 10.0 Å². The smallest absolute Gasteiger partial charge is 0.242 e. The zero-order valence-electron chi connectivity index (χ0n) is 13.4. The van der Waals surface area contributed by atoms with E-state index < -0.39 is 10.0 Å². The molecule has 21 heavy (non-hydrogen) atoms. The van der Waals surface area contributed by atoms with Gasteiger partial charge in [0, 0.05) is 6.04 Å². The van der Waals surface area contributed by atoms with Crippen LogP contribution in [0.2, 0.25) is 0 Å². The molecule has 4 nitrogen and oxygen atoms in total. The fraction of sp³-hybridized carbons (Fsp3) is 0.625.